The Morgan fingerprint density at radius 3 is 2.00 bits per heavy atom. The summed E-state index contributed by atoms with van der Waals surface area (Å²) in [5.74, 6) is 2.19. The molecular weight excluding hydrogens is 248 g/mol. The monoisotopic (exact) mass is 268 g/mol. The van der Waals surface area contributed by atoms with Crippen molar-refractivity contribution in [2.45, 2.75) is 24.5 Å². The minimum atomic E-state index is 0.816. The predicted octanol–water partition coefficient (Wildman–Crippen LogP) is 4.59. The third-order valence-electron chi connectivity index (χ3n) is 3.84. The van der Waals surface area contributed by atoms with E-state index >= 15 is 0 Å². The average molecular weight is 268 g/mol. The van der Waals surface area contributed by atoms with Gasteiger partial charge in [0.05, 0.1) is 0 Å². The highest BCUT2D eigenvalue weighted by Crippen LogP contribution is 2.35. The Morgan fingerprint density at radius 1 is 0.789 bits per heavy atom. The van der Waals surface area contributed by atoms with Crippen molar-refractivity contribution in [2.24, 2.45) is 5.92 Å². The molecule has 1 fully saturated rings. The van der Waals surface area contributed by atoms with Crippen LogP contribution in [0.2, 0.25) is 0 Å². The fourth-order valence-electron chi connectivity index (χ4n) is 2.89. The molecule has 2 atom stereocenters. The number of hydrogen-bond acceptors (Lipinski definition) is 1. The highest BCUT2D eigenvalue weighted by molar-refractivity contribution is 8.00. The molecule has 0 saturated carbocycles. The van der Waals surface area contributed by atoms with Crippen LogP contribution in [0.4, 0.5) is 0 Å². The summed E-state index contributed by atoms with van der Waals surface area (Å²) >= 11 is 2.16. The fraction of sp³-hybridized carbons (Fsp3) is 0.333. The van der Waals surface area contributed by atoms with Gasteiger partial charge in [0.25, 0.3) is 0 Å². The maximum Gasteiger partial charge on any atom is 0.00905 e. The number of benzene rings is 2. The Kier molecular flexibility index (Phi) is 4.24. The summed E-state index contributed by atoms with van der Waals surface area (Å²) in [6.45, 7) is 0. The van der Waals surface area contributed by atoms with Gasteiger partial charge in [0.2, 0.25) is 0 Å². The van der Waals surface area contributed by atoms with Gasteiger partial charge in [-0.05, 0) is 42.1 Å². The topological polar surface area (TPSA) is 0 Å². The zero-order chi connectivity index (χ0) is 12.9. The summed E-state index contributed by atoms with van der Waals surface area (Å²) in [7, 11) is 0. The van der Waals surface area contributed by atoms with Crippen LogP contribution in [0.25, 0.3) is 0 Å². The van der Waals surface area contributed by atoms with E-state index in [0.29, 0.717) is 0 Å². The van der Waals surface area contributed by atoms with Gasteiger partial charge in [0.15, 0.2) is 0 Å². The first-order chi connectivity index (χ1) is 9.40. The lowest BCUT2D eigenvalue weighted by atomic mass is 9.95. The summed E-state index contributed by atoms with van der Waals surface area (Å²) in [6, 6.07) is 21.8. The second-order valence-electron chi connectivity index (χ2n) is 5.44. The molecule has 2 aromatic rings. The van der Waals surface area contributed by atoms with Gasteiger partial charge in [-0.25, -0.2) is 0 Å². The maximum absolute atomic E-state index is 2.26. The van der Waals surface area contributed by atoms with E-state index in [-0.39, 0.29) is 0 Å². The van der Waals surface area contributed by atoms with Crippen LogP contribution < -0.4 is 0 Å². The Hall–Kier alpha value is -1.21. The van der Waals surface area contributed by atoms with Crippen LogP contribution in [-0.4, -0.2) is 11.0 Å². The van der Waals surface area contributed by atoms with Gasteiger partial charge in [-0.3, -0.25) is 0 Å². The van der Waals surface area contributed by atoms with Crippen molar-refractivity contribution >= 4 is 11.8 Å². The minimum Gasteiger partial charge on any atom is -0.158 e. The lowest BCUT2D eigenvalue weighted by molar-refractivity contribution is 0.552. The van der Waals surface area contributed by atoms with E-state index in [1.54, 1.807) is 0 Å². The van der Waals surface area contributed by atoms with Crippen LogP contribution in [0.3, 0.4) is 0 Å². The molecule has 0 spiro atoms. The summed E-state index contributed by atoms with van der Waals surface area (Å²) in [5, 5.41) is 0.816. The molecule has 0 amide bonds. The summed E-state index contributed by atoms with van der Waals surface area (Å²) < 4.78 is 0. The molecule has 0 N–H and O–H groups in total. The Bertz CT molecular complexity index is 444. The highest BCUT2D eigenvalue weighted by atomic mass is 32.2. The molecule has 19 heavy (non-hydrogen) atoms. The van der Waals surface area contributed by atoms with Crippen molar-refractivity contribution in [3.8, 4) is 0 Å². The predicted molar refractivity (Wildman–Crippen MR) is 84.6 cm³/mol. The van der Waals surface area contributed by atoms with Crippen LogP contribution >= 0.6 is 11.8 Å². The van der Waals surface area contributed by atoms with Crippen molar-refractivity contribution in [2.75, 3.05) is 5.75 Å². The van der Waals surface area contributed by atoms with Crippen molar-refractivity contribution < 1.29 is 0 Å². The van der Waals surface area contributed by atoms with Crippen molar-refractivity contribution in [3.63, 3.8) is 0 Å². The van der Waals surface area contributed by atoms with Crippen molar-refractivity contribution in [1.29, 1.82) is 0 Å². The molecule has 0 radical (unpaired) electrons. The van der Waals surface area contributed by atoms with Gasteiger partial charge in [-0.2, -0.15) is 11.8 Å². The minimum absolute atomic E-state index is 0.816. The highest BCUT2D eigenvalue weighted by Gasteiger charge is 2.25. The van der Waals surface area contributed by atoms with Crippen LogP contribution in [0.1, 0.15) is 17.5 Å². The quantitative estimate of drug-likeness (QED) is 0.781. The standard InChI is InChI=1S/C18H20S/c1-3-7-15(8-4-1)11-17-13-18(19-14-17)12-16-9-5-2-6-10-16/h1-10,17-18H,11-14H2/t17-,18+/m1/s1. The van der Waals surface area contributed by atoms with Crippen LogP contribution in [-0.2, 0) is 12.8 Å². The molecule has 1 aliphatic heterocycles. The molecule has 0 aromatic heterocycles. The third-order valence-corrected chi connectivity index (χ3v) is 5.33. The molecule has 0 bridgehead atoms. The smallest absolute Gasteiger partial charge is 0.00905 e. The molecule has 1 heterocycles. The fourth-order valence-corrected chi connectivity index (χ4v) is 4.41. The Balaban J connectivity index is 1.53. The van der Waals surface area contributed by atoms with E-state index in [1.165, 1.54) is 36.1 Å². The van der Waals surface area contributed by atoms with Crippen LogP contribution in [0, 0.1) is 5.92 Å². The second-order valence-corrected chi connectivity index (χ2v) is 6.77. The largest absolute Gasteiger partial charge is 0.158 e. The van der Waals surface area contributed by atoms with Crippen LogP contribution in [0.5, 0.6) is 0 Å². The molecule has 0 aliphatic carbocycles. The third kappa shape index (κ3) is 3.63. The SMILES string of the molecule is c1ccc(C[C@H]2CS[C@@H](Cc3ccccc3)C2)cc1. The summed E-state index contributed by atoms with van der Waals surface area (Å²) in [4.78, 5) is 0. The molecule has 1 aliphatic rings. The molecule has 0 unspecified atom stereocenters. The molecule has 1 saturated heterocycles. The van der Waals surface area contributed by atoms with Gasteiger partial charge in [0, 0.05) is 5.25 Å². The van der Waals surface area contributed by atoms with Crippen molar-refractivity contribution in [1.82, 2.24) is 0 Å². The normalized spacial score (nSPS) is 22.5. The second kappa shape index (κ2) is 6.29. The Labute approximate surface area is 120 Å². The molecule has 98 valence electrons. The first-order valence-electron chi connectivity index (χ1n) is 7.09. The van der Waals surface area contributed by atoms with Crippen LogP contribution in [0.15, 0.2) is 60.7 Å². The lowest BCUT2D eigenvalue weighted by Crippen LogP contribution is -2.07. The average Bonchev–Trinajstić information content (AvgIpc) is 2.88. The van der Waals surface area contributed by atoms with Crippen molar-refractivity contribution in [3.05, 3.63) is 71.8 Å². The zero-order valence-electron chi connectivity index (χ0n) is 11.2. The molecule has 2 aromatic carbocycles. The Morgan fingerprint density at radius 2 is 1.37 bits per heavy atom. The zero-order valence-corrected chi connectivity index (χ0v) is 12.0. The molecule has 0 nitrogen and oxygen atoms in total. The van der Waals surface area contributed by atoms with Gasteiger partial charge >= 0.3 is 0 Å². The van der Waals surface area contributed by atoms with Gasteiger partial charge in [-0.1, -0.05) is 60.7 Å². The van der Waals surface area contributed by atoms with Gasteiger partial charge < -0.3 is 0 Å². The van der Waals surface area contributed by atoms with E-state index in [0.717, 1.165) is 11.2 Å². The molecular formula is C18H20S. The van der Waals surface area contributed by atoms with Gasteiger partial charge in [-0.15, -0.1) is 0 Å². The number of hydrogen-bond donors (Lipinski definition) is 0. The first-order valence-corrected chi connectivity index (χ1v) is 8.14. The van der Waals surface area contributed by atoms with E-state index < -0.39 is 0 Å². The molecule has 3 rings (SSSR count). The number of thioether (sulfide) groups is 1. The number of rotatable bonds is 4. The summed E-state index contributed by atoms with van der Waals surface area (Å²) in [5.41, 5.74) is 2.98. The van der Waals surface area contributed by atoms with E-state index in [4.69, 9.17) is 0 Å². The van der Waals surface area contributed by atoms with E-state index in [1.807, 2.05) is 0 Å². The lowest BCUT2D eigenvalue weighted by Gasteiger charge is -2.10. The van der Waals surface area contributed by atoms with Gasteiger partial charge in [0.1, 0.15) is 0 Å². The first kappa shape index (κ1) is 12.8. The summed E-state index contributed by atoms with van der Waals surface area (Å²) in [6.07, 6.45) is 3.85. The van der Waals surface area contributed by atoms with E-state index in [2.05, 4.69) is 72.4 Å². The molecule has 1 heteroatoms. The van der Waals surface area contributed by atoms with E-state index in [9.17, 15) is 0 Å². The maximum atomic E-state index is 2.26.